The molecule has 1 atom stereocenters. The minimum absolute atomic E-state index is 0.0260. The van der Waals surface area contributed by atoms with E-state index in [2.05, 4.69) is 4.74 Å². The number of Topliss-reactive ketones (excluding diaryl/α,β-unsaturated/α-hetero) is 1. The molecule has 0 radical (unpaired) electrons. The van der Waals surface area contributed by atoms with Crippen LogP contribution in [0.25, 0.3) is 0 Å². The number of nitrogens with two attached hydrogens (primary N) is 1. The highest BCUT2D eigenvalue weighted by atomic mass is 35.5. The third kappa shape index (κ3) is 3.52. The van der Waals surface area contributed by atoms with Gasteiger partial charge in [-0.3, -0.25) is 4.79 Å². The number of carbonyl (C=O) groups excluding carboxylic acids is 1. The number of anilines is 1. The lowest BCUT2D eigenvalue weighted by atomic mass is 10.1. The zero-order chi connectivity index (χ0) is 13.2. The molecule has 3 nitrogen and oxygen atoms in total. The number of ether oxygens (including phenoxy) is 1. The Morgan fingerprint density at radius 3 is 2.53 bits per heavy atom. The zero-order valence-corrected chi connectivity index (χ0v) is 9.47. The van der Waals surface area contributed by atoms with Crippen molar-refractivity contribution in [3.8, 4) is 5.75 Å². The van der Waals surface area contributed by atoms with Gasteiger partial charge in [-0.05, 0) is 19.1 Å². The Kier molecular flexibility index (Phi) is 3.87. The molecule has 1 rings (SSSR count). The number of ketones is 1. The van der Waals surface area contributed by atoms with Gasteiger partial charge in [0.25, 0.3) is 0 Å². The van der Waals surface area contributed by atoms with Gasteiger partial charge >= 0.3 is 6.36 Å². The van der Waals surface area contributed by atoms with Crippen molar-refractivity contribution in [2.45, 2.75) is 18.7 Å². The molecule has 1 unspecified atom stereocenters. The topological polar surface area (TPSA) is 52.3 Å². The lowest BCUT2D eigenvalue weighted by Gasteiger charge is -2.16. The summed E-state index contributed by atoms with van der Waals surface area (Å²) in [5.74, 6) is -1.08. The van der Waals surface area contributed by atoms with Crippen LogP contribution in [0.2, 0.25) is 0 Å². The fraction of sp³-hybridized carbons (Fsp3) is 0.300. The fourth-order valence-corrected chi connectivity index (χ4v) is 1.48. The highest BCUT2D eigenvalue weighted by Crippen LogP contribution is 2.37. The Balaban J connectivity index is 3.22. The molecular formula is C10H9ClF3NO2. The van der Waals surface area contributed by atoms with Gasteiger partial charge in [0.15, 0.2) is 5.78 Å². The number of nitrogen functional groups attached to an aromatic ring is 1. The van der Waals surface area contributed by atoms with Crippen LogP contribution in [-0.4, -0.2) is 12.1 Å². The van der Waals surface area contributed by atoms with Crippen molar-refractivity contribution in [1.29, 1.82) is 0 Å². The minimum Gasteiger partial charge on any atom is -0.405 e. The summed E-state index contributed by atoms with van der Waals surface area (Å²) in [6.45, 7) is 1.15. The summed E-state index contributed by atoms with van der Waals surface area (Å²) in [4.78, 5) is 11.1. The molecule has 0 spiro atoms. The summed E-state index contributed by atoms with van der Waals surface area (Å²) in [7, 11) is 0. The number of hydrogen-bond acceptors (Lipinski definition) is 3. The van der Waals surface area contributed by atoms with Crippen LogP contribution < -0.4 is 10.5 Å². The zero-order valence-electron chi connectivity index (χ0n) is 8.72. The van der Waals surface area contributed by atoms with Crippen molar-refractivity contribution in [1.82, 2.24) is 0 Å². The minimum atomic E-state index is -4.87. The van der Waals surface area contributed by atoms with Gasteiger partial charge in [-0.2, -0.15) is 0 Å². The van der Waals surface area contributed by atoms with Crippen molar-refractivity contribution < 1.29 is 22.7 Å². The second-order valence-corrected chi connectivity index (χ2v) is 3.72. The number of rotatable bonds is 3. The summed E-state index contributed by atoms with van der Waals surface area (Å²) < 4.78 is 40.1. The van der Waals surface area contributed by atoms with Crippen LogP contribution in [0.3, 0.4) is 0 Å². The maximum Gasteiger partial charge on any atom is 0.573 e. The summed E-state index contributed by atoms with van der Waals surface area (Å²) in [6, 6.07) is 3.68. The second kappa shape index (κ2) is 4.83. The van der Waals surface area contributed by atoms with Crippen LogP contribution in [0.4, 0.5) is 18.9 Å². The number of hydrogen-bond donors (Lipinski definition) is 1. The molecule has 0 fully saturated rings. The molecule has 0 bridgehead atoms. The van der Waals surface area contributed by atoms with Crippen LogP contribution in [0.5, 0.6) is 5.75 Å². The Hall–Kier alpha value is -1.43. The van der Waals surface area contributed by atoms with E-state index in [-0.39, 0.29) is 11.3 Å². The van der Waals surface area contributed by atoms with Crippen molar-refractivity contribution in [2.24, 2.45) is 0 Å². The van der Waals surface area contributed by atoms with Crippen molar-refractivity contribution >= 4 is 23.1 Å². The van der Waals surface area contributed by atoms with E-state index in [4.69, 9.17) is 17.3 Å². The van der Waals surface area contributed by atoms with Gasteiger partial charge in [0.1, 0.15) is 11.1 Å². The van der Waals surface area contributed by atoms with Crippen LogP contribution in [0.15, 0.2) is 18.2 Å². The smallest absolute Gasteiger partial charge is 0.405 e. The van der Waals surface area contributed by atoms with Gasteiger partial charge in [-0.15, -0.1) is 24.8 Å². The molecule has 0 amide bonds. The van der Waals surface area contributed by atoms with E-state index in [1.807, 2.05) is 0 Å². The molecule has 0 aromatic heterocycles. The van der Waals surface area contributed by atoms with Crippen molar-refractivity contribution in [2.75, 3.05) is 5.73 Å². The van der Waals surface area contributed by atoms with E-state index < -0.39 is 23.3 Å². The van der Waals surface area contributed by atoms with E-state index in [1.54, 1.807) is 0 Å². The van der Waals surface area contributed by atoms with Crippen LogP contribution in [-0.2, 0) is 4.79 Å². The molecule has 0 heterocycles. The van der Waals surface area contributed by atoms with Gasteiger partial charge in [0.2, 0.25) is 0 Å². The maximum atomic E-state index is 12.1. The monoisotopic (exact) mass is 267 g/mol. The average molecular weight is 268 g/mol. The Morgan fingerprint density at radius 1 is 1.47 bits per heavy atom. The van der Waals surface area contributed by atoms with Gasteiger partial charge in [0, 0.05) is 11.3 Å². The first-order valence-electron chi connectivity index (χ1n) is 4.51. The first-order chi connectivity index (χ1) is 7.72. The molecule has 17 heavy (non-hydrogen) atoms. The van der Waals surface area contributed by atoms with Gasteiger partial charge in [-0.1, -0.05) is 6.07 Å². The Labute approximate surface area is 100 Å². The van der Waals surface area contributed by atoms with Crippen LogP contribution in [0.1, 0.15) is 17.9 Å². The molecule has 0 aliphatic rings. The molecule has 0 saturated carbocycles. The lowest BCUT2D eigenvalue weighted by molar-refractivity contribution is -0.274. The van der Waals surface area contributed by atoms with E-state index in [9.17, 15) is 18.0 Å². The SMILES string of the molecule is CC(=O)C(Cl)c1c(N)cccc1OC(F)(F)F. The van der Waals surface area contributed by atoms with Gasteiger partial charge < -0.3 is 10.5 Å². The summed E-state index contributed by atoms with van der Waals surface area (Å²) in [5, 5.41) is -1.27. The van der Waals surface area contributed by atoms with Crippen molar-refractivity contribution in [3.05, 3.63) is 23.8 Å². The van der Waals surface area contributed by atoms with E-state index in [1.165, 1.54) is 12.1 Å². The number of halogens is 4. The first kappa shape index (κ1) is 13.6. The van der Waals surface area contributed by atoms with E-state index in [0.29, 0.717) is 0 Å². The predicted octanol–water partition coefficient (Wildman–Crippen LogP) is 3.04. The standard InChI is InChI=1S/C10H9ClF3NO2/c1-5(16)9(11)8-6(15)3-2-4-7(8)17-10(12,13)14/h2-4,9H,15H2,1H3. The van der Waals surface area contributed by atoms with Crippen LogP contribution >= 0.6 is 11.6 Å². The Morgan fingerprint density at radius 2 is 2.06 bits per heavy atom. The summed E-state index contributed by atoms with van der Waals surface area (Å²) in [5.41, 5.74) is 5.30. The van der Waals surface area contributed by atoms with E-state index >= 15 is 0 Å². The summed E-state index contributed by atoms with van der Waals surface area (Å²) in [6.07, 6.45) is -4.87. The number of carbonyl (C=O) groups is 1. The first-order valence-corrected chi connectivity index (χ1v) is 4.94. The average Bonchev–Trinajstić information content (AvgIpc) is 2.14. The third-order valence-corrected chi connectivity index (χ3v) is 2.46. The molecule has 2 N–H and O–H groups in total. The highest BCUT2D eigenvalue weighted by Gasteiger charge is 2.34. The molecule has 0 aliphatic carbocycles. The number of alkyl halides is 4. The molecule has 1 aromatic carbocycles. The quantitative estimate of drug-likeness (QED) is 0.676. The molecular weight excluding hydrogens is 259 g/mol. The molecule has 0 aliphatic heterocycles. The van der Waals surface area contributed by atoms with Gasteiger partial charge in [0.05, 0.1) is 0 Å². The predicted molar refractivity (Wildman–Crippen MR) is 56.8 cm³/mol. The molecule has 0 saturated heterocycles. The Bertz CT molecular complexity index is 434. The second-order valence-electron chi connectivity index (χ2n) is 3.28. The summed E-state index contributed by atoms with van der Waals surface area (Å²) >= 11 is 5.70. The van der Waals surface area contributed by atoms with Crippen molar-refractivity contribution in [3.63, 3.8) is 0 Å². The molecule has 1 aromatic rings. The third-order valence-electron chi connectivity index (χ3n) is 1.94. The largest absolute Gasteiger partial charge is 0.573 e. The van der Waals surface area contributed by atoms with Gasteiger partial charge in [-0.25, -0.2) is 0 Å². The molecule has 7 heteroatoms. The van der Waals surface area contributed by atoms with Crippen LogP contribution in [0, 0.1) is 0 Å². The fourth-order valence-electron chi connectivity index (χ4n) is 1.25. The normalized spacial score (nSPS) is 13.2. The number of benzene rings is 1. The maximum absolute atomic E-state index is 12.1. The highest BCUT2D eigenvalue weighted by molar-refractivity contribution is 6.31. The van der Waals surface area contributed by atoms with E-state index in [0.717, 1.165) is 13.0 Å². The lowest BCUT2D eigenvalue weighted by Crippen LogP contribution is -2.19. The molecule has 94 valence electrons.